The molecule has 37 heavy (non-hydrogen) atoms. The molecule has 2 heterocycles. The summed E-state index contributed by atoms with van der Waals surface area (Å²) < 4.78 is 0. The Labute approximate surface area is 218 Å². The van der Waals surface area contributed by atoms with Crippen molar-refractivity contribution in [3.05, 3.63) is 0 Å². The second-order valence-electron chi connectivity index (χ2n) is 10.1. The van der Waals surface area contributed by atoms with Gasteiger partial charge in [-0.05, 0) is 25.7 Å². The van der Waals surface area contributed by atoms with Gasteiger partial charge < -0.3 is 30.1 Å². The van der Waals surface area contributed by atoms with Gasteiger partial charge in [0.1, 0.15) is 5.78 Å². The van der Waals surface area contributed by atoms with Crippen LogP contribution in [-0.2, 0) is 19.2 Å². The molecule has 13 nitrogen and oxygen atoms in total. The molecule has 2 aliphatic heterocycles. The number of β-amino-alcohol motifs (C(OH)–C–C–N with tert-alkyl or cyclic N) is 2. The minimum atomic E-state index is -1.55. The number of hydrogen-bond acceptors (Lipinski definition) is 10. The largest absolute Gasteiger partial charge is 0.480 e. The number of aliphatic hydroxyl groups is 2. The minimum absolute atomic E-state index is 0.0222. The molecule has 2 fully saturated rings. The Morgan fingerprint density at radius 1 is 0.676 bits per heavy atom. The van der Waals surface area contributed by atoms with E-state index in [9.17, 15) is 39.6 Å². The summed E-state index contributed by atoms with van der Waals surface area (Å²) in [6, 6.07) is 0. The number of carbonyl (C=O) groups excluding carboxylic acids is 2. The zero-order valence-electron chi connectivity index (χ0n) is 21.8. The summed E-state index contributed by atoms with van der Waals surface area (Å²) in [4.78, 5) is 56.4. The molecule has 0 aromatic carbocycles. The Hall–Kier alpha value is -2.16. The molecule has 0 aromatic heterocycles. The Kier molecular flexibility index (Phi) is 13.4. The van der Waals surface area contributed by atoms with Crippen molar-refractivity contribution in [1.29, 1.82) is 0 Å². The number of carbonyl (C=O) groups is 4. The van der Waals surface area contributed by atoms with Gasteiger partial charge in [0.05, 0.1) is 19.6 Å². The van der Waals surface area contributed by atoms with Crippen LogP contribution in [0.4, 0.5) is 0 Å². The van der Waals surface area contributed by atoms with Crippen LogP contribution >= 0.6 is 0 Å². The zero-order chi connectivity index (χ0) is 27.4. The number of hydrogen-bond donors (Lipinski definition) is 4. The molecule has 2 saturated heterocycles. The number of carboxylic acids is 2. The minimum Gasteiger partial charge on any atom is -0.480 e. The van der Waals surface area contributed by atoms with Crippen LogP contribution in [-0.4, -0.2) is 166 Å². The molecule has 0 aliphatic carbocycles. The molecular weight excluding hydrogens is 486 g/mol. The van der Waals surface area contributed by atoms with Crippen molar-refractivity contribution >= 4 is 23.6 Å². The highest BCUT2D eigenvalue weighted by atomic mass is 16.5. The Bertz CT molecular complexity index is 727. The van der Waals surface area contributed by atoms with Crippen LogP contribution in [0.1, 0.15) is 26.2 Å². The normalized spacial score (nSPS) is 20.9. The van der Waals surface area contributed by atoms with E-state index >= 15 is 0 Å². The molecule has 1 amide bonds. The lowest BCUT2D eigenvalue weighted by Gasteiger charge is -2.35. The van der Waals surface area contributed by atoms with Gasteiger partial charge in [-0.15, -0.1) is 0 Å². The zero-order valence-corrected chi connectivity index (χ0v) is 21.8. The van der Waals surface area contributed by atoms with E-state index in [2.05, 4.69) is 0 Å². The third-order valence-electron chi connectivity index (χ3n) is 6.97. The summed E-state index contributed by atoms with van der Waals surface area (Å²) in [5.41, 5.74) is 0. The van der Waals surface area contributed by atoms with Crippen LogP contribution in [0.15, 0.2) is 0 Å². The molecule has 0 radical (unpaired) electrons. The topological polar surface area (TPSA) is 165 Å². The summed E-state index contributed by atoms with van der Waals surface area (Å²) in [7, 11) is 0. The van der Waals surface area contributed by atoms with E-state index in [-0.39, 0.29) is 37.9 Å². The Morgan fingerprint density at radius 2 is 1.08 bits per heavy atom. The van der Waals surface area contributed by atoms with Gasteiger partial charge in [-0.1, -0.05) is 0 Å². The fraction of sp³-hybridized carbons (Fsp3) is 0.833. The first-order chi connectivity index (χ1) is 17.5. The van der Waals surface area contributed by atoms with Crippen LogP contribution in [0.5, 0.6) is 0 Å². The van der Waals surface area contributed by atoms with Crippen molar-refractivity contribution in [2.75, 3.05) is 91.6 Å². The van der Waals surface area contributed by atoms with Gasteiger partial charge in [0, 0.05) is 78.4 Å². The molecular formula is C24H43N5O8. The number of rotatable bonds is 10. The van der Waals surface area contributed by atoms with Gasteiger partial charge in [-0.3, -0.25) is 34.0 Å². The van der Waals surface area contributed by atoms with E-state index in [1.807, 2.05) is 9.80 Å². The highest BCUT2D eigenvalue weighted by Crippen LogP contribution is 2.21. The predicted molar refractivity (Wildman–Crippen MR) is 134 cm³/mol. The number of Topliss-reactive ketones (excluding diaryl/α,β-unsaturated/α-hetero) is 1. The number of ketones is 1. The molecule has 0 aromatic rings. The molecule has 2 aliphatic rings. The molecule has 13 heteroatoms. The number of aliphatic carboxylic acids is 2. The molecule has 0 bridgehead atoms. The summed E-state index contributed by atoms with van der Waals surface area (Å²) in [6.45, 7) is 5.78. The second kappa shape index (κ2) is 15.9. The first kappa shape index (κ1) is 31.1. The summed E-state index contributed by atoms with van der Waals surface area (Å²) in [6.07, 6.45) is 0.580. The smallest absolute Gasteiger partial charge is 0.317 e. The fourth-order valence-electron chi connectivity index (χ4n) is 4.93. The molecule has 212 valence electrons. The number of carboxylic acid groups (broad SMARTS) is 2. The van der Waals surface area contributed by atoms with Crippen molar-refractivity contribution in [3.8, 4) is 0 Å². The number of aliphatic hydroxyl groups excluding tert-OH is 1. The first-order valence-corrected chi connectivity index (χ1v) is 13.0. The lowest BCUT2D eigenvalue weighted by Crippen LogP contribution is -2.51. The van der Waals surface area contributed by atoms with Crippen molar-refractivity contribution < 1.29 is 39.6 Å². The maximum atomic E-state index is 13.1. The summed E-state index contributed by atoms with van der Waals surface area (Å²) in [5.74, 6) is -1.49. The van der Waals surface area contributed by atoms with Crippen LogP contribution in [0, 0.1) is 5.92 Å². The average molecular weight is 530 g/mol. The van der Waals surface area contributed by atoms with E-state index in [1.165, 1.54) is 0 Å². The molecule has 4 N–H and O–H groups in total. The summed E-state index contributed by atoms with van der Waals surface area (Å²) in [5, 5.41) is 37.6. The molecule has 0 atom stereocenters. The van der Waals surface area contributed by atoms with Crippen LogP contribution < -0.4 is 0 Å². The predicted octanol–water partition coefficient (Wildman–Crippen LogP) is -2.09. The second-order valence-corrected chi connectivity index (χ2v) is 10.1. The number of amides is 1. The first-order valence-electron chi connectivity index (χ1n) is 13.0. The standard InChI is InChI=1S/C24H43N5O8/c1-19(30)14-20-2-4-29(5-3-20)21(31)15-25-6-8-26(16-22(32)33)10-12-28(18-24(36)37)13-11-27(9-7-25)17-23(34)35/h20,24,36-37H,2-18H2,1H3,(H,32,33)(H,34,35). The monoisotopic (exact) mass is 529 g/mol. The molecule has 0 unspecified atom stereocenters. The fourth-order valence-corrected chi connectivity index (χ4v) is 4.93. The third-order valence-corrected chi connectivity index (χ3v) is 6.97. The van der Waals surface area contributed by atoms with Crippen LogP contribution in [0.3, 0.4) is 0 Å². The summed E-state index contributed by atoms with van der Waals surface area (Å²) >= 11 is 0. The third kappa shape index (κ3) is 12.8. The quantitative estimate of drug-likeness (QED) is 0.228. The average Bonchev–Trinajstić information content (AvgIpc) is 2.79. The van der Waals surface area contributed by atoms with Crippen molar-refractivity contribution in [2.45, 2.75) is 32.5 Å². The van der Waals surface area contributed by atoms with Gasteiger partial charge in [0.15, 0.2) is 6.29 Å². The van der Waals surface area contributed by atoms with Crippen molar-refractivity contribution in [1.82, 2.24) is 24.5 Å². The highest BCUT2D eigenvalue weighted by Gasteiger charge is 2.26. The van der Waals surface area contributed by atoms with Crippen molar-refractivity contribution in [3.63, 3.8) is 0 Å². The van der Waals surface area contributed by atoms with E-state index in [1.54, 1.807) is 21.6 Å². The molecule has 0 saturated carbocycles. The number of nitrogens with zero attached hydrogens (tertiary/aromatic N) is 5. The SMILES string of the molecule is CC(=O)CC1CCN(C(=O)CN2CCN(CC(=O)O)CCN(CC(O)O)CCN(CC(=O)O)CC2)CC1. The van der Waals surface area contributed by atoms with Crippen molar-refractivity contribution in [2.24, 2.45) is 5.92 Å². The van der Waals surface area contributed by atoms with E-state index < -0.39 is 18.2 Å². The maximum Gasteiger partial charge on any atom is 0.317 e. The van der Waals surface area contributed by atoms with Crippen LogP contribution in [0.2, 0.25) is 0 Å². The lowest BCUT2D eigenvalue weighted by atomic mass is 9.92. The molecule has 2 rings (SSSR count). The Morgan fingerprint density at radius 3 is 1.46 bits per heavy atom. The van der Waals surface area contributed by atoms with E-state index in [0.29, 0.717) is 77.8 Å². The van der Waals surface area contributed by atoms with Crippen LogP contribution in [0.25, 0.3) is 0 Å². The maximum absolute atomic E-state index is 13.1. The van der Waals surface area contributed by atoms with Gasteiger partial charge >= 0.3 is 11.9 Å². The Balaban J connectivity index is 2.06. The van der Waals surface area contributed by atoms with Gasteiger partial charge in [0.25, 0.3) is 0 Å². The number of piperidine rings is 1. The van der Waals surface area contributed by atoms with Gasteiger partial charge in [-0.25, -0.2) is 0 Å². The molecule has 0 spiro atoms. The van der Waals surface area contributed by atoms with E-state index in [0.717, 1.165) is 12.8 Å². The number of likely N-dealkylation sites (tertiary alicyclic amines) is 1. The highest BCUT2D eigenvalue weighted by molar-refractivity contribution is 5.78. The van der Waals surface area contributed by atoms with Gasteiger partial charge in [-0.2, -0.15) is 0 Å². The lowest BCUT2D eigenvalue weighted by molar-refractivity contribution is -0.139. The van der Waals surface area contributed by atoms with Gasteiger partial charge in [0.2, 0.25) is 5.91 Å². The van der Waals surface area contributed by atoms with E-state index in [4.69, 9.17) is 0 Å².